The third-order valence-electron chi connectivity index (χ3n) is 4.79. The van der Waals surface area contributed by atoms with E-state index in [0.29, 0.717) is 12.8 Å². The van der Waals surface area contributed by atoms with Crippen molar-refractivity contribution >= 4 is 17.3 Å². The summed E-state index contributed by atoms with van der Waals surface area (Å²) in [4.78, 5) is 16.9. The fourth-order valence-corrected chi connectivity index (χ4v) is 3.13. The molecule has 0 unspecified atom stereocenters. The number of nitrogens with zero attached hydrogens (tertiary/aromatic N) is 2. The van der Waals surface area contributed by atoms with Crippen LogP contribution in [0, 0.1) is 0 Å². The van der Waals surface area contributed by atoms with Crippen LogP contribution in [-0.2, 0) is 11.2 Å². The van der Waals surface area contributed by atoms with E-state index in [4.69, 9.17) is 4.74 Å². The van der Waals surface area contributed by atoms with Gasteiger partial charge in [0.1, 0.15) is 5.75 Å². The smallest absolute Gasteiger partial charge is 0.224 e. The van der Waals surface area contributed by atoms with Crippen LogP contribution >= 0.6 is 0 Å². The zero-order valence-corrected chi connectivity index (χ0v) is 15.6. The number of methoxy groups -OCH3 is 1. The molecular formula is C21H27N3O2. The minimum atomic E-state index is 0.0279. The highest BCUT2D eigenvalue weighted by molar-refractivity contribution is 5.91. The fourth-order valence-electron chi connectivity index (χ4n) is 3.13. The number of hydrogen-bond acceptors (Lipinski definition) is 4. The molecule has 0 saturated carbocycles. The molecule has 5 heteroatoms. The van der Waals surface area contributed by atoms with Crippen LogP contribution in [-0.4, -0.2) is 51.1 Å². The Morgan fingerprint density at radius 3 is 2.50 bits per heavy atom. The first-order valence-corrected chi connectivity index (χ1v) is 9.10. The Balaban J connectivity index is 1.49. The lowest BCUT2D eigenvalue weighted by Gasteiger charge is -2.34. The Kier molecular flexibility index (Phi) is 6.12. The molecule has 1 amide bonds. The average molecular weight is 353 g/mol. The van der Waals surface area contributed by atoms with Gasteiger partial charge in [-0.25, -0.2) is 0 Å². The first kappa shape index (κ1) is 18.3. The van der Waals surface area contributed by atoms with Crippen LogP contribution in [0.1, 0.15) is 12.0 Å². The van der Waals surface area contributed by atoms with Gasteiger partial charge in [0, 0.05) is 44.0 Å². The summed E-state index contributed by atoms with van der Waals surface area (Å²) in [6.07, 6.45) is 1.15. The lowest BCUT2D eigenvalue weighted by Crippen LogP contribution is -2.44. The largest absolute Gasteiger partial charge is 0.497 e. The number of nitrogens with one attached hydrogen (secondary N) is 1. The van der Waals surface area contributed by atoms with Gasteiger partial charge in [-0.2, -0.15) is 0 Å². The van der Waals surface area contributed by atoms with Crippen molar-refractivity contribution in [1.82, 2.24) is 4.90 Å². The molecule has 26 heavy (non-hydrogen) atoms. The van der Waals surface area contributed by atoms with Gasteiger partial charge in [0.05, 0.1) is 7.11 Å². The Morgan fingerprint density at radius 2 is 1.81 bits per heavy atom. The van der Waals surface area contributed by atoms with Gasteiger partial charge >= 0.3 is 0 Å². The average Bonchev–Trinajstić information content (AvgIpc) is 2.68. The summed E-state index contributed by atoms with van der Waals surface area (Å²) in [5, 5.41) is 2.98. The van der Waals surface area contributed by atoms with E-state index < -0.39 is 0 Å². The van der Waals surface area contributed by atoms with Gasteiger partial charge in [0.25, 0.3) is 0 Å². The fraction of sp³-hybridized carbons (Fsp3) is 0.381. The maximum atomic E-state index is 12.2. The molecule has 0 spiro atoms. The van der Waals surface area contributed by atoms with Gasteiger partial charge in [0.15, 0.2) is 0 Å². The molecule has 1 aliphatic heterocycles. The number of benzene rings is 2. The molecule has 0 aliphatic carbocycles. The number of hydrogen-bond donors (Lipinski definition) is 1. The van der Waals surface area contributed by atoms with Gasteiger partial charge in [-0.05, 0) is 55.4 Å². The number of amides is 1. The van der Waals surface area contributed by atoms with Crippen LogP contribution < -0.4 is 15.0 Å². The molecular weight excluding hydrogens is 326 g/mol. The summed E-state index contributed by atoms with van der Waals surface area (Å²) < 4.78 is 5.22. The van der Waals surface area contributed by atoms with Gasteiger partial charge < -0.3 is 19.9 Å². The normalized spacial score (nSPS) is 14.9. The Morgan fingerprint density at radius 1 is 1.08 bits per heavy atom. The molecule has 1 fully saturated rings. The van der Waals surface area contributed by atoms with Crippen molar-refractivity contribution in [3.63, 3.8) is 0 Å². The van der Waals surface area contributed by atoms with Crippen LogP contribution in [0.5, 0.6) is 5.75 Å². The lowest BCUT2D eigenvalue weighted by molar-refractivity contribution is -0.116. The number of piperazine rings is 1. The third kappa shape index (κ3) is 4.99. The molecule has 5 nitrogen and oxygen atoms in total. The van der Waals surface area contributed by atoms with Gasteiger partial charge in [-0.3, -0.25) is 4.79 Å². The Hall–Kier alpha value is -2.53. The quantitative estimate of drug-likeness (QED) is 0.867. The number of rotatable bonds is 6. The Labute approximate surface area is 155 Å². The summed E-state index contributed by atoms with van der Waals surface area (Å²) in [5.74, 6) is 0.850. The second kappa shape index (κ2) is 8.72. The third-order valence-corrected chi connectivity index (χ3v) is 4.79. The van der Waals surface area contributed by atoms with Crippen LogP contribution in [0.15, 0.2) is 48.5 Å². The van der Waals surface area contributed by atoms with Crippen molar-refractivity contribution in [1.29, 1.82) is 0 Å². The van der Waals surface area contributed by atoms with Crippen LogP contribution in [0.2, 0.25) is 0 Å². The zero-order valence-electron chi connectivity index (χ0n) is 15.6. The Bertz CT molecular complexity index is 722. The predicted molar refractivity (Wildman–Crippen MR) is 106 cm³/mol. The summed E-state index contributed by atoms with van der Waals surface area (Å²) in [5.41, 5.74) is 3.16. The standard InChI is InChI=1S/C21H27N3O2/c1-23-12-14-24(15-13-23)19-9-7-18(8-10-19)22-21(25)11-6-17-4-3-5-20(16-17)26-2/h3-5,7-10,16H,6,11-15H2,1-2H3,(H,22,25). The summed E-state index contributed by atoms with van der Waals surface area (Å²) >= 11 is 0. The number of ether oxygens (including phenoxy) is 1. The zero-order chi connectivity index (χ0) is 18.4. The molecule has 0 bridgehead atoms. The molecule has 0 atom stereocenters. The molecule has 138 valence electrons. The SMILES string of the molecule is COc1cccc(CCC(=O)Nc2ccc(N3CCN(C)CC3)cc2)c1. The molecule has 3 rings (SSSR count). The minimum absolute atomic E-state index is 0.0279. The summed E-state index contributed by atoms with van der Waals surface area (Å²) in [6, 6.07) is 16.0. The minimum Gasteiger partial charge on any atom is -0.497 e. The second-order valence-corrected chi connectivity index (χ2v) is 6.74. The number of carbonyl (C=O) groups excluding carboxylic acids is 1. The van der Waals surface area contributed by atoms with Crippen molar-refractivity contribution in [2.75, 3.05) is 50.6 Å². The van der Waals surface area contributed by atoms with E-state index in [-0.39, 0.29) is 5.91 Å². The van der Waals surface area contributed by atoms with E-state index in [9.17, 15) is 4.79 Å². The van der Waals surface area contributed by atoms with Gasteiger partial charge in [-0.15, -0.1) is 0 Å². The predicted octanol–water partition coefficient (Wildman–Crippen LogP) is 3.02. The van der Waals surface area contributed by atoms with Crippen molar-refractivity contribution in [2.24, 2.45) is 0 Å². The first-order valence-electron chi connectivity index (χ1n) is 9.10. The monoisotopic (exact) mass is 353 g/mol. The highest BCUT2D eigenvalue weighted by atomic mass is 16.5. The number of carbonyl (C=O) groups is 1. The highest BCUT2D eigenvalue weighted by Gasteiger charge is 2.14. The highest BCUT2D eigenvalue weighted by Crippen LogP contribution is 2.20. The summed E-state index contributed by atoms with van der Waals surface area (Å²) in [6.45, 7) is 4.26. The second-order valence-electron chi connectivity index (χ2n) is 6.74. The number of likely N-dealkylation sites (N-methyl/N-ethyl adjacent to an activating group) is 1. The van der Waals surface area contributed by atoms with E-state index in [2.05, 4.69) is 34.3 Å². The topological polar surface area (TPSA) is 44.8 Å². The lowest BCUT2D eigenvalue weighted by atomic mass is 10.1. The molecule has 1 aliphatic rings. The van der Waals surface area contributed by atoms with Crippen molar-refractivity contribution in [3.05, 3.63) is 54.1 Å². The number of aryl methyl sites for hydroxylation is 1. The molecule has 1 N–H and O–H groups in total. The molecule has 1 saturated heterocycles. The van der Waals surface area contributed by atoms with Crippen molar-refractivity contribution < 1.29 is 9.53 Å². The van der Waals surface area contributed by atoms with Gasteiger partial charge in [0.2, 0.25) is 5.91 Å². The molecule has 0 radical (unpaired) electrons. The van der Waals surface area contributed by atoms with Crippen molar-refractivity contribution in [3.8, 4) is 5.75 Å². The van der Waals surface area contributed by atoms with E-state index in [0.717, 1.165) is 43.2 Å². The molecule has 0 aromatic heterocycles. The van der Waals surface area contributed by atoms with Crippen molar-refractivity contribution in [2.45, 2.75) is 12.8 Å². The van der Waals surface area contributed by atoms with Gasteiger partial charge in [-0.1, -0.05) is 12.1 Å². The first-order chi connectivity index (χ1) is 12.6. The molecule has 2 aromatic carbocycles. The van der Waals surface area contributed by atoms with Crippen LogP contribution in [0.4, 0.5) is 11.4 Å². The molecule has 1 heterocycles. The molecule has 2 aromatic rings. The number of anilines is 2. The van der Waals surface area contributed by atoms with E-state index in [1.165, 1.54) is 5.69 Å². The van der Waals surface area contributed by atoms with E-state index in [1.54, 1.807) is 7.11 Å². The maximum absolute atomic E-state index is 12.2. The van der Waals surface area contributed by atoms with Crippen LogP contribution in [0.3, 0.4) is 0 Å². The van der Waals surface area contributed by atoms with E-state index in [1.807, 2.05) is 36.4 Å². The maximum Gasteiger partial charge on any atom is 0.224 e. The summed E-state index contributed by atoms with van der Waals surface area (Å²) in [7, 11) is 3.80. The van der Waals surface area contributed by atoms with E-state index >= 15 is 0 Å². The van der Waals surface area contributed by atoms with Crippen LogP contribution in [0.25, 0.3) is 0 Å².